The Kier molecular flexibility index (Phi) is 12.3. The van der Waals surface area contributed by atoms with Crippen molar-refractivity contribution < 1.29 is 18.0 Å². The van der Waals surface area contributed by atoms with E-state index in [1.807, 2.05) is 69.3 Å². The van der Waals surface area contributed by atoms with Gasteiger partial charge in [-0.2, -0.15) is 0 Å². The third-order valence-electron chi connectivity index (χ3n) is 7.16. The summed E-state index contributed by atoms with van der Waals surface area (Å²) in [6, 6.07) is 21.0. The minimum atomic E-state index is -3.65. The Bertz CT molecular complexity index is 1470. The van der Waals surface area contributed by atoms with Gasteiger partial charge in [-0.05, 0) is 61.6 Å². The van der Waals surface area contributed by atoms with Crippen molar-refractivity contribution in [1.29, 1.82) is 0 Å². The second-order valence-electron chi connectivity index (χ2n) is 10.5. The van der Waals surface area contributed by atoms with Gasteiger partial charge in [0.15, 0.2) is 0 Å². The molecular weight excluding hydrogens is 593 g/mol. The molecule has 3 aromatic carbocycles. The summed E-state index contributed by atoms with van der Waals surface area (Å²) in [6.07, 6.45) is 2.46. The summed E-state index contributed by atoms with van der Waals surface area (Å²) >= 11 is 12.7. The van der Waals surface area contributed by atoms with Crippen molar-refractivity contribution in [3.63, 3.8) is 0 Å². The zero-order valence-electron chi connectivity index (χ0n) is 24.5. The highest BCUT2D eigenvalue weighted by atomic mass is 35.5. The highest BCUT2D eigenvalue weighted by molar-refractivity contribution is 7.92. The van der Waals surface area contributed by atoms with E-state index in [4.69, 9.17) is 23.2 Å². The van der Waals surface area contributed by atoms with Crippen molar-refractivity contribution in [2.45, 2.75) is 65.1 Å². The Morgan fingerprint density at radius 3 is 2.29 bits per heavy atom. The molecule has 0 aliphatic rings. The number of nitrogens with one attached hydrogen (secondary N) is 1. The molecule has 0 bridgehead atoms. The lowest BCUT2D eigenvalue weighted by Gasteiger charge is -2.33. The lowest BCUT2D eigenvalue weighted by Crippen LogP contribution is -2.52. The molecule has 226 valence electrons. The van der Waals surface area contributed by atoms with Gasteiger partial charge < -0.3 is 10.2 Å². The Hall–Kier alpha value is -3.07. The molecule has 2 atom stereocenters. The molecule has 0 radical (unpaired) electrons. The first kappa shape index (κ1) is 33.4. The first-order chi connectivity index (χ1) is 19.9. The lowest BCUT2D eigenvalue weighted by atomic mass is 10.0. The van der Waals surface area contributed by atoms with Crippen LogP contribution in [0.2, 0.25) is 10.0 Å². The normalized spacial score (nSPS) is 12.8. The van der Waals surface area contributed by atoms with Crippen molar-refractivity contribution in [3.8, 4) is 0 Å². The standard InChI is InChI=1S/C32H39Cl2N3O4S/c1-5-24(3)35-32(39)30(20-25-12-7-6-8-13-25)36(22-26-14-9-10-15-28(26)34)31(38)16-11-19-37(42(4,40)41)29-21-27(33)18-17-23(29)2/h6-10,12-15,17-18,21,24,30H,5,11,16,19-20,22H2,1-4H3,(H,35,39). The molecule has 0 saturated heterocycles. The van der Waals surface area contributed by atoms with Crippen LogP contribution in [0.15, 0.2) is 72.8 Å². The number of hydrogen-bond donors (Lipinski definition) is 1. The number of sulfonamides is 1. The largest absolute Gasteiger partial charge is 0.352 e. The van der Waals surface area contributed by atoms with Crippen LogP contribution in [-0.4, -0.2) is 50.0 Å². The van der Waals surface area contributed by atoms with Gasteiger partial charge in [0.2, 0.25) is 21.8 Å². The molecule has 0 spiro atoms. The molecule has 0 fully saturated rings. The van der Waals surface area contributed by atoms with Crippen LogP contribution in [0.4, 0.5) is 5.69 Å². The first-order valence-electron chi connectivity index (χ1n) is 14.0. The van der Waals surface area contributed by atoms with Gasteiger partial charge in [-0.15, -0.1) is 0 Å². The average Bonchev–Trinajstić information content (AvgIpc) is 2.95. The van der Waals surface area contributed by atoms with E-state index in [9.17, 15) is 18.0 Å². The van der Waals surface area contributed by atoms with E-state index in [1.165, 1.54) is 4.31 Å². The van der Waals surface area contributed by atoms with Gasteiger partial charge in [-0.25, -0.2) is 8.42 Å². The molecule has 3 rings (SSSR count). The summed E-state index contributed by atoms with van der Waals surface area (Å²) in [5.74, 6) is -0.521. The maximum absolute atomic E-state index is 14.0. The first-order valence-corrected chi connectivity index (χ1v) is 16.6. The fraction of sp³-hybridized carbons (Fsp3) is 0.375. The quantitative estimate of drug-likeness (QED) is 0.223. The molecule has 0 aliphatic heterocycles. The van der Waals surface area contributed by atoms with Gasteiger partial charge in [-0.3, -0.25) is 13.9 Å². The Labute approximate surface area is 259 Å². The van der Waals surface area contributed by atoms with Crippen LogP contribution in [0, 0.1) is 6.92 Å². The van der Waals surface area contributed by atoms with Crippen LogP contribution in [-0.2, 0) is 32.6 Å². The van der Waals surface area contributed by atoms with Crippen molar-refractivity contribution in [1.82, 2.24) is 10.2 Å². The fourth-order valence-electron chi connectivity index (χ4n) is 4.64. The van der Waals surface area contributed by atoms with Crippen LogP contribution in [0.5, 0.6) is 0 Å². The number of hydrogen-bond acceptors (Lipinski definition) is 4. The monoisotopic (exact) mass is 631 g/mol. The van der Waals surface area contributed by atoms with Crippen LogP contribution in [0.3, 0.4) is 0 Å². The van der Waals surface area contributed by atoms with Crippen LogP contribution < -0.4 is 9.62 Å². The molecule has 0 aromatic heterocycles. The number of anilines is 1. The molecule has 0 saturated carbocycles. The zero-order valence-corrected chi connectivity index (χ0v) is 26.8. The predicted octanol–water partition coefficient (Wildman–Crippen LogP) is 6.40. The lowest BCUT2D eigenvalue weighted by molar-refractivity contribution is -0.141. The van der Waals surface area contributed by atoms with E-state index in [-0.39, 0.29) is 43.8 Å². The minimum Gasteiger partial charge on any atom is -0.352 e. The SMILES string of the molecule is CCC(C)NC(=O)C(Cc1ccccc1)N(Cc1ccccc1Cl)C(=O)CCCN(c1cc(Cl)ccc1C)S(C)(=O)=O. The van der Waals surface area contributed by atoms with E-state index in [1.54, 1.807) is 29.2 Å². The number of rotatable bonds is 14. The molecule has 2 unspecified atom stereocenters. The Morgan fingerprint density at radius 2 is 1.64 bits per heavy atom. The number of benzene rings is 3. The van der Waals surface area contributed by atoms with Gasteiger partial charge in [0.1, 0.15) is 6.04 Å². The fourth-order valence-corrected chi connectivity index (χ4v) is 6.02. The number of carbonyl (C=O) groups excluding carboxylic acids is 2. The van der Waals surface area contributed by atoms with Crippen LogP contribution >= 0.6 is 23.2 Å². The molecule has 0 heterocycles. The highest BCUT2D eigenvalue weighted by Gasteiger charge is 2.31. The highest BCUT2D eigenvalue weighted by Crippen LogP contribution is 2.27. The van der Waals surface area contributed by atoms with Crippen LogP contribution in [0.1, 0.15) is 49.8 Å². The van der Waals surface area contributed by atoms with Crippen molar-refractivity contribution in [2.75, 3.05) is 17.1 Å². The summed E-state index contributed by atoms with van der Waals surface area (Å²) in [5, 5.41) is 3.96. The van der Waals surface area contributed by atoms with Gasteiger partial charge in [0, 0.05) is 42.0 Å². The van der Waals surface area contributed by atoms with E-state index in [2.05, 4.69) is 5.32 Å². The number of carbonyl (C=O) groups is 2. The Morgan fingerprint density at radius 1 is 0.976 bits per heavy atom. The van der Waals surface area contributed by atoms with Gasteiger partial charge in [-0.1, -0.05) is 84.7 Å². The van der Waals surface area contributed by atoms with Crippen molar-refractivity contribution in [3.05, 3.63) is 99.5 Å². The van der Waals surface area contributed by atoms with Gasteiger partial charge in [0.05, 0.1) is 11.9 Å². The van der Waals surface area contributed by atoms with Crippen molar-refractivity contribution >= 4 is 50.7 Å². The van der Waals surface area contributed by atoms with E-state index in [0.717, 1.165) is 23.8 Å². The maximum atomic E-state index is 14.0. The maximum Gasteiger partial charge on any atom is 0.243 e. The van der Waals surface area contributed by atoms with Gasteiger partial charge >= 0.3 is 0 Å². The molecule has 3 aromatic rings. The van der Waals surface area contributed by atoms with E-state index in [0.29, 0.717) is 27.7 Å². The topological polar surface area (TPSA) is 86.8 Å². The number of aryl methyl sites for hydroxylation is 1. The van der Waals surface area contributed by atoms with Crippen molar-refractivity contribution in [2.24, 2.45) is 0 Å². The summed E-state index contributed by atoms with van der Waals surface area (Å²) in [6.45, 7) is 5.93. The van der Waals surface area contributed by atoms with E-state index < -0.39 is 16.1 Å². The Balaban J connectivity index is 1.92. The molecule has 1 N–H and O–H groups in total. The summed E-state index contributed by atoms with van der Waals surface area (Å²) in [7, 11) is -3.65. The minimum absolute atomic E-state index is 0.0258. The average molecular weight is 633 g/mol. The summed E-state index contributed by atoms with van der Waals surface area (Å²) in [5.41, 5.74) is 2.86. The second-order valence-corrected chi connectivity index (χ2v) is 13.3. The van der Waals surface area contributed by atoms with Crippen LogP contribution in [0.25, 0.3) is 0 Å². The molecule has 2 amide bonds. The molecule has 42 heavy (non-hydrogen) atoms. The van der Waals surface area contributed by atoms with Gasteiger partial charge in [0.25, 0.3) is 0 Å². The molecule has 10 heteroatoms. The smallest absolute Gasteiger partial charge is 0.243 e. The molecule has 0 aliphatic carbocycles. The number of nitrogens with zero attached hydrogens (tertiary/aromatic N) is 2. The zero-order chi connectivity index (χ0) is 30.9. The molecular formula is C32H39Cl2N3O4S. The number of halogens is 2. The third kappa shape index (κ3) is 9.48. The van der Waals surface area contributed by atoms with E-state index >= 15 is 0 Å². The second kappa shape index (κ2) is 15.4. The third-order valence-corrected chi connectivity index (χ3v) is 8.95. The molecule has 7 nitrogen and oxygen atoms in total. The predicted molar refractivity (Wildman–Crippen MR) is 171 cm³/mol. The number of amides is 2. The summed E-state index contributed by atoms with van der Waals surface area (Å²) < 4.78 is 26.7. The summed E-state index contributed by atoms with van der Waals surface area (Å²) in [4.78, 5) is 29.2.